The number of hydrogen-bond donors (Lipinski definition) is 1. The van der Waals surface area contributed by atoms with Crippen molar-refractivity contribution in [2.75, 3.05) is 0 Å². The van der Waals surface area contributed by atoms with Crippen molar-refractivity contribution in [1.29, 1.82) is 0 Å². The molecule has 5 nitrogen and oxygen atoms in total. The van der Waals surface area contributed by atoms with Crippen LogP contribution in [0.15, 0.2) is 53.5 Å². The molecule has 3 aromatic rings. The van der Waals surface area contributed by atoms with E-state index in [4.69, 9.17) is 5.11 Å². The van der Waals surface area contributed by atoms with E-state index in [0.29, 0.717) is 11.3 Å². The largest absolute Gasteiger partial charge is 0.478 e. The zero-order chi connectivity index (χ0) is 16.4. The molecule has 0 atom stereocenters. The van der Waals surface area contributed by atoms with Crippen molar-refractivity contribution >= 4 is 23.8 Å². The number of fused-ring (bicyclic) bond motifs is 1. The van der Waals surface area contributed by atoms with Crippen LogP contribution in [0, 0.1) is 6.92 Å². The molecule has 0 saturated carbocycles. The number of benzene rings is 1. The van der Waals surface area contributed by atoms with Crippen LogP contribution in [-0.2, 0) is 0 Å². The van der Waals surface area contributed by atoms with Gasteiger partial charge in [-0.2, -0.15) is 0 Å². The van der Waals surface area contributed by atoms with Gasteiger partial charge in [0.05, 0.1) is 11.3 Å². The molecule has 1 N–H and O–H groups in total. The minimum Gasteiger partial charge on any atom is -0.478 e. The summed E-state index contributed by atoms with van der Waals surface area (Å²) < 4.78 is 1.23. The number of carboxylic acids is 1. The second-order valence-electron chi connectivity index (χ2n) is 5.22. The number of aromatic nitrogens is 2. The van der Waals surface area contributed by atoms with E-state index in [0.717, 1.165) is 11.1 Å². The summed E-state index contributed by atoms with van der Waals surface area (Å²) in [5, 5.41) is 8.98. The Labute approximate surface area is 132 Å². The van der Waals surface area contributed by atoms with Gasteiger partial charge in [-0.25, -0.2) is 9.78 Å². The summed E-state index contributed by atoms with van der Waals surface area (Å²) in [7, 11) is 0. The molecule has 0 aliphatic heterocycles. The van der Waals surface area contributed by atoms with Crippen LogP contribution in [0.3, 0.4) is 0 Å². The number of aryl methyl sites for hydroxylation is 1. The molecule has 23 heavy (non-hydrogen) atoms. The first-order valence-corrected chi connectivity index (χ1v) is 7.04. The van der Waals surface area contributed by atoms with Gasteiger partial charge in [-0.05, 0) is 30.7 Å². The normalized spacial score (nSPS) is 11.2. The van der Waals surface area contributed by atoms with Crippen molar-refractivity contribution < 1.29 is 9.90 Å². The van der Waals surface area contributed by atoms with E-state index in [1.54, 1.807) is 6.08 Å². The number of rotatable bonds is 3. The number of nitrogens with zero attached hydrogens (tertiary/aromatic N) is 2. The van der Waals surface area contributed by atoms with Crippen LogP contribution in [0.25, 0.3) is 17.8 Å². The Morgan fingerprint density at radius 1 is 1.17 bits per heavy atom. The fraction of sp³-hybridized carbons (Fsp3) is 0.0556. The van der Waals surface area contributed by atoms with Gasteiger partial charge in [0.2, 0.25) is 0 Å². The maximum atomic E-state index is 12.1. The van der Waals surface area contributed by atoms with Gasteiger partial charge in [0, 0.05) is 12.3 Å². The standard InChI is InChI=1S/C18H14N2O3/c1-12-3-2-4-13(9-12)5-7-15-10-17(21)20-11-14(18(22)23)6-8-16(20)19-15/h2-11H,1H3,(H,22,23). The van der Waals surface area contributed by atoms with Crippen LogP contribution in [0.4, 0.5) is 0 Å². The Morgan fingerprint density at radius 3 is 2.74 bits per heavy atom. The van der Waals surface area contributed by atoms with Crippen molar-refractivity contribution in [3.05, 3.63) is 81.4 Å². The molecule has 0 aliphatic carbocycles. The molecule has 3 rings (SSSR count). The predicted octanol–water partition coefficient (Wildman–Crippen LogP) is 2.87. The van der Waals surface area contributed by atoms with Crippen molar-refractivity contribution in [3.63, 3.8) is 0 Å². The summed E-state index contributed by atoms with van der Waals surface area (Å²) in [6.45, 7) is 2.01. The lowest BCUT2D eigenvalue weighted by molar-refractivity contribution is 0.0696. The molecule has 5 heteroatoms. The summed E-state index contributed by atoms with van der Waals surface area (Å²) in [5.74, 6) is -1.08. The van der Waals surface area contributed by atoms with Crippen molar-refractivity contribution in [3.8, 4) is 0 Å². The molecule has 0 aliphatic rings. The molecule has 0 spiro atoms. The molecular formula is C18H14N2O3. The van der Waals surface area contributed by atoms with Gasteiger partial charge in [0.25, 0.3) is 5.56 Å². The highest BCUT2D eigenvalue weighted by Gasteiger charge is 2.06. The fourth-order valence-corrected chi connectivity index (χ4v) is 2.29. The van der Waals surface area contributed by atoms with E-state index >= 15 is 0 Å². The first-order valence-electron chi connectivity index (χ1n) is 7.04. The summed E-state index contributed by atoms with van der Waals surface area (Å²) in [5.41, 5.74) is 2.84. The van der Waals surface area contributed by atoms with Crippen LogP contribution < -0.4 is 5.56 Å². The molecule has 0 fully saturated rings. The maximum Gasteiger partial charge on any atom is 0.337 e. The Bertz CT molecular complexity index is 987. The molecule has 1 aromatic carbocycles. The first-order chi connectivity index (χ1) is 11.0. The molecule has 0 bridgehead atoms. The lowest BCUT2D eigenvalue weighted by Gasteiger charge is -2.03. The van der Waals surface area contributed by atoms with Crippen LogP contribution in [0.5, 0.6) is 0 Å². The van der Waals surface area contributed by atoms with Gasteiger partial charge in [0.15, 0.2) is 0 Å². The summed E-state index contributed by atoms with van der Waals surface area (Å²) >= 11 is 0. The highest BCUT2D eigenvalue weighted by Crippen LogP contribution is 2.09. The zero-order valence-corrected chi connectivity index (χ0v) is 12.4. The lowest BCUT2D eigenvalue weighted by Crippen LogP contribution is -2.15. The van der Waals surface area contributed by atoms with E-state index in [1.165, 1.54) is 28.8 Å². The summed E-state index contributed by atoms with van der Waals surface area (Å²) in [6.07, 6.45) is 4.93. The number of hydrogen-bond acceptors (Lipinski definition) is 3. The monoisotopic (exact) mass is 306 g/mol. The highest BCUT2D eigenvalue weighted by molar-refractivity contribution is 5.87. The van der Waals surface area contributed by atoms with Crippen LogP contribution in [0.2, 0.25) is 0 Å². The Hall–Kier alpha value is -3.21. The SMILES string of the molecule is Cc1cccc(C=Cc2cc(=O)n3cc(C(=O)O)ccc3n2)c1. The smallest absolute Gasteiger partial charge is 0.337 e. The first kappa shape index (κ1) is 14.7. The van der Waals surface area contributed by atoms with Crippen LogP contribution >= 0.6 is 0 Å². The average molecular weight is 306 g/mol. The average Bonchev–Trinajstić information content (AvgIpc) is 2.52. The summed E-state index contributed by atoms with van der Waals surface area (Å²) in [4.78, 5) is 27.5. The van der Waals surface area contributed by atoms with Crippen LogP contribution in [0.1, 0.15) is 27.2 Å². The Kier molecular flexibility index (Phi) is 3.76. The molecular weight excluding hydrogens is 292 g/mol. The molecule has 0 radical (unpaired) electrons. The molecule has 114 valence electrons. The summed E-state index contributed by atoms with van der Waals surface area (Å²) in [6, 6.07) is 12.3. The van der Waals surface area contributed by atoms with Gasteiger partial charge < -0.3 is 5.11 Å². The van der Waals surface area contributed by atoms with Crippen molar-refractivity contribution in [1.82, 2.24) is 9.38 Å². The van der Waals surface area contributed by atoms with Crippen LogP contribution in [-0.4, -0.2) is 20.5 Å². The van der Waals surface area contributed by atoms with Gasteiger partial charge in [-0.15, -0.1) is 0 Å². The predicted molar refractivity (Wildman–Crippen MR) is 88.5 cm³/mol. The number of carbonyl (C=O) groups is 1. The lowest BCUT2D eigenvalue weighted by atomic mass is 10.1. The Morgan fingerprint density at radius 2 is 2.00 bits per heavy atom. The second-order valence-corrected chi connectivity index (χ2v) is 5.22. The maximum absolute atomic E-state index is 12.1. The molecule has 0 unspecified atom stereocenters. The quantitative estimate of drug-likeness (QED) is 0.807. The Balaban J connectivity index is 2.01. The van der Waals surface area contributed by atoms with E-state index < -0.39 is 5.97 Å². The highest BCUT2D eigenvalue weighted by atomic mass is 16.4. The third kappa shape index (κ3) is 3.18. The number of pyridine rings is 1. The number of aromatic carboxylic acids is 1. The van der Waals surface area contributed by atoms with Gasteiger partial charge in [0.1, 0.15) is 5.65 Å². The minimum atomic E-state index is -1.08. The van der Waals surface area contributed by atoms with E-state index in [9.17, 15) is 9.59 Å². The molecule has 2 heterocycles. The van der Waals surface area contributed by atoms with E-state index in [2.05, 4.69) is 4.98 Å². The van der Waals surface area contributed by atoms with Crippen molar-refractivity contribution in [2.45, 2.75) is 6.92 Å². The second kappa shape index (κ2) is 5.88. The molecule has 2 aromatic heterocycles. The minimum absolute atomic E-state index is 0.0458. The third-order valence-corrected chi connectivity index (χ3v) is 3.42. The van der Waals surface area contributed by atoms with Gasteiger partial charge in [-0.3, -0.25) is 9.20 Å². The van der Waals surface area contributed by atoms with Gasteiger partial charge >= 0.3 is 5.97 Å². The molecule has 0 saturated heterocycles. The fourth-order valence-electron chi connectivity index (χ4n) is 2.29. The van der Waals surface area contributed by atoms with Gasteiger partial charge in [-0.1, -0.05) is 35.9 Å². The molecule has 0 amide bonds. The van der Waals surface area contributed by atoms with E-state index in [1.807, 2.05) is 37.3 Å². The number of carboxylic acid groups (broad SMARTS) is 1. The third-order valence-electron chi connectivity index (χ3n) is 3.42. The van der Waals surface area contributed by atoms with Crippen molar-refractivity contribution in [2.24, 2.45) is 0 Å². The zero-order valence-electron chi connectivity index (χ0n) is 12.4. The van der Waals surface area contributed by atoms with E-state index in [-0.39, 0.29) is 11.1 Å². The topological polar surface area (TPSA) is 71.7 Å².